The van der Waals surface area contributed by atoms with Crippen molar-refractivity contribution in [1.29, 1.82) is 0 Å². The molecule has 0 N–H and O–H groups in total. The lowest BCUT2D eigenvalue weighted by Gasteiger charge is -2.08. The van der Waals surface area contributed by atoms with E-state index < -0.39 is 0 Å². The summed E-state index contributed by atoms with van der Waals surface area (Å²) in [6.45, 7) is 2.74. The SMILES string of the molecule is COc1ccc(Cn2ccc3c(C)cccc32)cc1F. The Kier molecular flexibility index (Phi) is 3.18. The fourth-order valence-electron chi connectivity index (χ4n) is 2.52. The summed E-state index contributed by atoms with van der Waals surface area (Å²) in [5.74, 6) is -0.0420. The van der Waals surface area contributed by atoms with Gasteiger partial charge in [-0.3, -0.25) is 0 Å². The summed E-state index contributed by atoms with van der Waals surface area (Å²) in [5.41, 5.74) is 3.34. The van der Waals surface area contributed by atoms with Crippen LogP contribution < -0.4 is 4.74 Å². The van der Waals surface area contributed by atoms with E-state index in [9.17, 15) is 4.39 Å². The molecule has 3 rings (SSSR count). The molecule has 0 saturated heterocycles. The highest BCUT2D eigenvalue weighted by molar-refractivity contribution is 5.83. The first-order valence-electron chi connectivity index (χ1n) is 6.56. The molecule has 3 heteroatoms. The van der Waals surface area contributed by atoms with Gasteiger partial charge in [-0.25, -0.2) is 4.39 Å². The zero-order chi connectivity index (χ0) is 14.1. The van der Waals surface area contributed by atoms with E-state index in [1.165, 1.54) is 29.6 Å². The number of benzene rings is 2. The van der Waals surface area contributed by atoms with E-state index in [2.05, 4.69) is 29.7 Å². The zero-order valence-corrected chi connectivity index (χ0v) is 11.6. The van der Waals surface area contributed by atoms with Crippen molar-refractivity contribution < 1.29 is 9.13 Å². The largest absolute Gasteiger partial charge is 0.494 e. The number of aryl methyl sites for hydroxylation is 1. The summed E-state index contributed by atoms with van der Waals surface area (Å²) in [7, 11) is 1.47. The van der Waals surface area contributed by atoms with Crippen molar-refractivity contribution in [2.75, 3.05) is 7.11 Å². The second-order valence-electron chi connectivity index (χ2n) is 4.92. The van der Waals surface area contributed by atoms with Crippen molar-refractivity contribution in [3.05, 3.63) is 65.6 Å². The van der Waals surface area contributed by atoms with Crippen molar-refractivity contribution >= 4 is 10.9 Å². The van der Waals surface area contributed by atoms with E-state index >= 15 is 0 Å². The molecule has 1 aromatic heterocycles. The van der Waals surface area contributed by atoms with Crippen LogP contribution in [0.15, 0.2) is 48.7 Å². The van der Waals surface area contributed by atoms with E-state index in [0.717, 1.165) is 5.56 Å². The Labute approximate surface area is 117 Å². The summed E-state index contributed by atoms with van der Waals surface area (Å²) < 4.78 is 20.8. The van der Waals surface area contributed by atoms with Crippen molar-refractivity contribution in [3.8, 4) is 5.75 Å². The second kappa shape index (κ2) is 5.00. The van der Waals surface area contributed by atoms with Gasteiger partial charge in [0, 0.05) is 23.6 Å². The molecule has 0 radical (unpaired) electrons. The van der Waals surface area contributed by atoms with Gasteiger partial charge in [0.15, 0.2) is 11.6 Å². The molecule has 0 aliphatic heterocycles. The molecule has 2 nitrogen and oxygen atoms in total. The highest BCUT2D eigenvalue weighted by atomic mass is 19.1. The Bertz CT molecular complexity index is 761. The Morgan fingerprint density at radius 1 is 1.15 bits per heavy atom. The number of fused-ring (bicyclic) bond motifs is 1. The van der Waals surface area contributed by atoms with Crippen molar-refractivity contribution in [2.45, 2.75) is 13.5 Å². The molecule has 0 unspecified atom stereocenters. The standard InChI is InChI=1S/C17H16FNO/c1-12-4-3-5-16-14(12)8-9-19(16)11-13-6-7-17(20-2)15(18)10-13/h3-10H,11H2,1-2H3. The minimum Gasteiger partial charge on any atom is -0.494 e. The molecular weight excluding hydrogens is 253 g/mol. The number of aromatic nitrogens is 1. The molecule has 1 heterocycles. The minimum absolute atomic E-state index is 0.280. The van der Waals surface area contributed by atoms with Crippen molar-refractivity contribution in [1.82, 2.24) is 4.57 Å². The van der Waals surface area contributed by atoms with Crippen LogP contribution in [-0.2, 0) is 6.54 Å². The fourth-order valence-corrected chi connectivity index (χ4v) is 2.52. The van der Waals surface area contributed by atoms with Gasteiger partial charge in [0.25, 0.3) is 0 Å². The van der Waals surface area contributed by atoms with Gasteiger partial charge in [0.05, 0.1) is 7.11 Å². The normalized spacial score (nSPS) is 10.9. The first kappa shape index (κ1) is 12.7. The van der Waals surface area contributed by atoms with Crippen molar-refractivity contribution in [2.24, 2.45) is 0 Å². The smallest absolute Gasteiger partial charge is 0.165 e. The van der Waals surface area contributed by atoms with Crippen LogP contribution in [0.3, 0.4) is 0 Å². The van der Waals surface area contributed by atoms with E-state index in [1.54, 1.807) is 6.07 Å². The summed E-state index contributed by atoms with van der Waals surface area (Å²) in [6.07, 6.45) is 2.04. The van der Waals surface area contributed by atoms with Crippen LogP contribution in [0.4, 0.5) is 4.39 Å². The van der Waals surface area contributed by atoms with Gasteiger partial charge in [0.1, 0.15) is 0 Å². The van der Waals surface area contributed by atoms with Crippen LogP contribution in [0.25, 0.3) is 10.9 Å². The monoisotopic (exact) mass is 269 g/mol. The molecule has 0 aliphatic carbocycles. The number of rotatable bonds is 3. The van der Waals surface area contributed by atoms with Gasteiger partial charge in [-0.05, 0) is 42.3 Å². The third kappa shape index (κ3) is 2.16. The molecule has 0 bridgehead atoms. The van der Waals surface area contributed by atoms with Gasteiger partial charge < -0.3 is 9.30 Å². The molecule has 0 saturated carbocycles. The maximum absolute atomic E-state index is 13.7. The van der Waals surface area contributed by atoms with Crippen LogP contribution in [0.5, 0.6) is 5.75 Å². The summed E-state index contributed by atoms with van der Waals surface area (Å²) in [6, 6.07) is 13.4. The topological polar surface area (TPSA) is 14.2 Å². The zero-order valence-electron chi connectivity index (χ0n) is 11.6. The third-order valence-electron chi connectivity index (χ3n) is 3.60. The van der Waals surface area contributed by atoms with Crippen LogP contribution in [0.1, 0.15) is 11.1 Å². The average Bonchev–Trinajstić information content (AvgIpc) is 2.84. The molecule has 102 valence electrons. The van der Waals surface area contributed by atoms with Crippen LogP contribution in [0, 0.1) is 12.7 Å². The Balaban J connectivity index is 1.97. The predicted octanol–water partition coefficient (Wildman–Crippen LogP) is 4.15. The quantitative estimate of drug-likeness (QED) is 0.697. The minimum atomic E-state index is -0.322. The number of methoxy groups -OCH3 is 1. The molecule has 0 atom stereocenters. The van der Waals surface area contributed by atoms with Gasteiger partial charge in [-0.15, -0.1) is 0 Å². The fraction of sp³-hybridized carbons (Fsp3) is 0.176. The van der Waals surface area contributed by atoms with E-state index in [1.807, 2.05) is 18.3 Å². The summed E-state index contributed by atoms with van der Waals surface area (Å²) in [4.78, 5) is 0. The molecule has 0 amide bonds. The summed E-state index contributed by atoms with van der Waals surface area (Å²) in [5, 5.41) is 1.24. The van der Waals surface area contributed by atoms with Gasteiger partial charge >= 0.3 is 0 Å². The van der Waals surface area contributed by atoms with Gasteiger partial charge in [-0.1, -0.05) is 18.2 Å². The maximum Gasteiger partial charge on any atom is 0.165 e. The van der Waals surface area contributed by atoms with Crippen LogP contribution in [0.2, 0.25) is 0 Å². The number of halogens is 1. The van der Waals surface area contributed by atoms with Gasteiger partial charge in [-0.2, -0.15) is 0 Å². The molecule has 0 aliphatic rings. The lowest BCUT2D eigenvalue weighted by molar-refractivity contribution is 0.386. The Morgan fingerprint density at radius 2 is 2.00 bits per heavy atom. The third-order valence-corrected chi connectivity index (χ3v) is 3.60. The van der Waals surface area contributed by atoms with Crippen LogP contribution in [-0.4, -0.2) is 11.7 Å². The Morgan fingerprint density at radius 3 is 2.75 bits per heavy atom. The number of hydrogen-bond acceptors (Lipinski definition) is 1. The van der Waals surface area contributed by atoms with Crippen molar-refractivity contribution in [3.63, 3.8) is 0 Å². The first-order valence-corrected chi connectivity index (χ1v) is 6.56. The predicted molar refractivity (Wildman–Crippen MR) is 78.7 cm³/mol. The molecule has 0 fully saturated rings. The molecule has 20 heavy (non-hydrogen) atoms. The highest BCUT2D eigenvalue weighted by Crippen LogP contribution is 2.22. The first-order chi connectivity index (χ1) is 9.69. The number of hydrogen-bond donors (Lipinski definition) is 0. The highest BCUT2D eigenvalue weighted by Gasteiger charge is 2.06. The molecule has 3 aromatic rings. The molecule has 0 spiro atoms. The van der Waals surface area contributed by atoms with Gasteiger partial charge in [0.2, 0.25) is 0 Å². The number of nitrogens with zero attached hydrogens (tertiary/aromatic N) is 1. The Hall–Kier alpha value is -2.29. The average molecular weight is 269 g/mol. The lowest BCUT2D eigenvalue weighted by atomic mass is 10.1. The van der Waals surface area contributed by atoms with E-state index in [4.69, 9.17) is 4.74 Å². The van der Waals surface area contributed by atoms with E-state index in [0.29, 0.717) is 6.54 Å². The number of ether oxygens (including phenoxy) is 1. The lowest BCUT2D eigenvalue weighted by Crippen LogP contribution is -1.99. The van der Waals surface area contributed by atoms with E-state index in [-0.39, 0.29) is 11.6 Å². The second-order valence-corrected chi connectivity index (χ2v) is 4.92. The summed E-state index contributed by atoms with van der Waals surface area (Å²) >= 11 is 0. The maximum atomic E-state index is 13.7. The van der Waals surface area contributed by atoms with Crippen LogP contribution >= 0.6 is 0 Å². The molecular formula is C17H16FNO. The molecule has 2 aromatic carbocycles.